The van der Waals surface area contributed by atoms with Crippen molar-refractivity contribution in [1.29, 1.82) is 0 Å². The van der Waals surface area contributed by atoms with Gasteiger partial charge < -0.3 is 4.90 Å². The Kier molecular flexibility index (Phi) is 1.12. The summed E-state index contributed by atoms with van der Waals surface area (Å²) in [6.07, 6.45) is 1.31. The van der Waals surface area contributed by atoms with Crippen molar-refractivity contribution in [2.24, 2.45) is 0 Å². The summed E-state index contributed by atoms with van der Waals surface area (Å²) in [6, 6.07) is 0. The fourth-order valence-electron chi connectivity index (χ4n) is 0.813. The molecule has 9 heavy (non-hydrogen) atoms. The van der Waals surface area contributed by atoms with Crippen LogP contribution in [-0.4, -0.2) is 23.3 Å². The molecule has 1 saturated heterocycles. The molecular weight excluding hydrogens is 134 g/mol. The quantitative estimate of drug-likeness (QED) is 0.578. The molecule has 0 bridgehead atoms. The standard InChI is InChI=1S/C5H7N3S/c1-2-8(3-1)5-7-6-4-9-5/h4H,1-3H2. The van der Waals surface area contributed by atoms with E-state index in [1.807, 2.05) is 0 Å². The number of anilines is 1. The first-order valence-corrected chi connectivity index (χ1v) is 3.86. The van der Waals surface area contributed by atoms with Gasteiger partial charge in [0.05, 0.1) is 0 Å². The molecule has 0 aromatic carbocycles. The summed E-state index contributed by atoms with van der Waals surface area (Å²) in [5.74, 6) is 0. The second-order valence-electron chi connectivity index (χ2n) is 2.06. The predicted octanol–water partition coefficient (Wildman–Crippen LogP) is 0.748. The van der Waals surface area contributed by atoms with Gasteiger partial charge in [-0.3, -0.25) is 0 Å². The third-order valence-corrected chi connectivity index (χ3v) is 2.23. The second kappa shape index (κ2) is 1.95. The fourth-order valence-corrected chi connectivity index (χ4v) is 1.43. The van der Waals surface area contributed by atoms with Crippen molar-refractivity contribution < 1.29 is 0 Å². The number of rotatable bonds is 1. The normalized spacial score (nSPS) is 17.6. The van der Waals surface area contributed by atoms with Crippen LogP contribution >= 0.6 is 11.3 Å². The van der Waals surface area contributed by atoms with Gasteiger partial charge in [0, 0.05) is 13.1 Å². The molecule has 1 aromatic rings. The topological polar surface area (TPSA) is 29.0 Å². The van der Waals surface area contributed by atoms with Crippen LogP contribution in [0, 0.1) is 0 Å². The van der Waals surface area contributed by atoms with E-state index in [4.69, 9.17) is 0 Å². The lowest BCUT2D eigenvalue weighted by Gasteiger charge is -2.29. The maximum atomic E-state index is 3.93. The van der Waals surface area contributed by atoms with E-state index in [0.29, 0.717) is 0 Å². The molecule has 0 N–H and O–H groups in total. The lowest BCUT2D eigenvalue weighted by atomic mass is 10.2. The van der Waals surface area contributed by atoms with Gasteiger partial charge in [-0.05, 0) is 6.42 Å². The Bertz CT molecular complexity index is 180. The van der Waals surface area contributed by atoms with Crippen LogP contribution < -0.4 is 4.90 Å². The average molecular weight is 141 g/mol. The van der Waals surface area contributed by atoms with Crippen molar-refractivity contribution >= 4 is 16.5 Å². The van der Waals surface area contributed by atoms with Crippen LogP contribution in [0.5, 0.6) is 0 Å². The van der Waals surface area contributed by atoms with E-state index >= 15 is 0 Å². The molecule has 48 valence electrons. The van der Waals surface area contributed by atoms with Crippen LogP contribution in [-0.2, 0) is 0 Å². The Morgan fingerprint density at radius 1 is 1.56 bits per heavy atom. The van der Waals surface area contributed by atoms with Gasteiger partial charge in [0.25, 0.3) is 0 Å². The third kappa shape index (κ3) is 0.790. The molecular formula is C5H7N3S. The minimum atomic E-state index is 1.07. The summed E-state index contributed by atoms with van der Waals surface area (Å²) < 4.78 is 0. The summed E-state index contributed by atoms with van der Waals surface area (Å²) >= 11 is 1.61. The van der Waals surface area contributed by atoms with E-state index in [0.717, 1.165) is 18.2 Å². The zero-order valence-electron chi connectivity index (χ0n) is 4.95. The van der Waals surface area contributed by atoms with Crippen LogP contribution in [0.3, 0.4) is 0 Å². The number of hydrogen-bond donors (Lipinski definition) is 0. The van der Waals surface area contributed by atoms with Gasteiger partial charge >= 0.3 is 0 Å². The lowest BCUT2D eigenvalue weighted by Crippen LogP contribution is -2.36. The predicted molar refractivity (Wildman–Crippen MR) is 36.7 cm³/mol. The third-order valence-electron chi connectivity index (χ3n) is 1.48. The first-order valence-electron chi connectivity index (χ1n) is 2.98. The molecule has 1 aliphatic heterocycles. The van der Waals surface area contributed by atoms with E-state index < -0.39 is 0 Å². The highest BCUT2D eigenvalue weighted by molar-refractivity contribution is 7.13. The Labute approximate surface area is 57.3 Å². The molecule has 0 radical (unpaired) electrons. The van der Waals surface area contributed by atoms with Crippen LogP contribution in [0.2, 0.25) is 0 Å². The van der Waals surface area contributed by atoms with E-state index in [1.54, 1.807) is 16.8 Å². The van der Waals surface area contributed by atoms with E-state index in [9.17, 15) is 0 Å². The smallest absolute Gasteiger partial charge is 0.208 e. The van der Waals surface area contributed by atoms with Crippen molar-refractivity contribution in [3.8, 4) is 0 Å². The fraction of sp³-hybridized carbons (Fsp3) is 0.600. The highest BCUT2D eigenvalue weighted by atomic mass is 32.1. The first kappa shape index (κ1) is 5.17. The average Bonchev–Trinajstić information content (AvgIpc) is 2.11. The molecule has 3 nitrogen and oxygen atoms in total. The molecule has 0 aliphatic carbocycles. The van der Waals surface area contributed by atoms with Gasteiger partial charge in [-0.1, -0.05) is 11.3 Å². The Morgan fingerprint density at radius 2 is 2.44 bits per heavy atom. The molecule has 2 rings (SSSR count). The van der Waals surface area contributed by atoms with Crippen LogP contribution in [0.15, 0.2) is 5.51 Å². The zero-order chi connectivity index (χ0) is 6.10. The SMILES string of the molecule is c1nnc(N2CCC2)s1. The highest BCUT2D eigenvalue weighted by Crippen LogP contribution is 2.20. The van der Waals surface area contributed by atoms with Crippen molar-refractivity contribution in [3.05, 3.63) is 5.51 Å². The van der Waals surface area contributed by atoms with Gasteiger partial charge in [0.15, 0.2) is 0 Å². The molecule has 1 aliphatic rings. The van der Waals surface area contributed by atoms with Gasteiger partial charge in [0.1, 0.15) is 5.51 Å². The summed E-state index contributed by atoms with van der Waals surface area (Å²) in [5.41, 5.74) is 1.77. The highest BCUT2D eigenvalue weighted by Gasteiger charge is 2.16. The van der Waals surface area contributed by atoms with Crippen LogP contribution in [0.1, 0.15) is 6.42 Å². The molecule has 0 spiro atoms. The maximum absolute atomic E-state index is 3.93. The van der Waals surface area contributed by atoms with Gasteiger partial charge in [-0.25, -0.2) is 0 Å². The van der Waals surface area contributed by atoms with Crippen molar-refractivity contribution in [2.75, 3.05) is 18.0 Å². The van der Waals surface area contributed by atoms with Crippen molar-refractivity contribution in [1.82, 2.24) is 10.2 Å². The summed E-state index contributed by atoms with van der Waals surface area (Å²) in [6.45, 7) is 2.32. The van der Waals surface area contributed by atoms with E-state index in [-0.39, 0.29) is 0 Å². The lowest BCUT2D eigenvalue weighted by molar-refractivity contribution is 0.613. The molecule has 1 fully saturated rings. The Balaban J connectivity index is 2.14. The largest absolute Gasteiger partial charge is 0.347 e. The number of aromatic nitrogens is 2. The Hall–Kier alpha value is -0.640. The molecule has 0 atom stereocenters. The monoisotopic (exact) mass is 141 g/mol. The molecule has 0 saturated carbocycles. The first-order chi connectivity index (χ1) is 4.47. The number of nitrogens with zero attached hydrogens (tertiary/aromatic N) is 3. The molecule has 4 heteroatoms. The van der Waals surface area contributed by atoms with Crippen molar-refractivity contribution in [2.45, 2.75) is 6.42 Å². The Morgan fingerprint density at radius 3 is 2.89 bits per heavy atom. The van der Waals surface area contributed by atoms with Gasteiger partial charge in [-0.15, -0.1) is 10.2 Å². The van der Waals surface area contributed by atoms with Gasteiger partial charge in [-0.2, -0.15) is 0 Å². The van der Waals surface area contributed by atoms with Gasteiger partial charge in [0.2, 0.25) is 5.13 Å². The summed E-state index contributed by atoms with van der Waals surface area (Å²) in [5, 5.41) is 8.76. The van der Waals surface area contributed by atoms with Crippen LogP contribution in [0.4, 0.5) is 5.13 Å². The number of hydrogen-bond acceptors (Lipinski definition) is 4. The van der Waals surface area contributed by atoms with E-state index in [1.165, 1.54) is 6.42 Å². The summed E-state index contributed by atoms with van der Waals surface area (Å²) in [4.78, 5) is 2.23. The zero-order valence-corrected chi connectivity index (χ0v) is 5.77. The second-order valence-corrected chi connectivity index (χ2v) is 2.87. The molecule has 0 unspecified atom stereocenters. The molecule has 0 amide bonds. The summed E-state index contributed by atoms with van der Waals surface area (Å²) in [7, 11) is 0. The van der Waals surface area contributed by atoms with Crippen LogP contribution in [0.25, 0.3) is 0 Å². The van der Waals surface area contributed by atoms with Crippen molar-refractivity contribution in [3.63, 3.8) is 0 Å². The minimum absolute atomic E-state index is 1.07. The minimum Gasteiger partial charge on any atom is -0.347 e. The maximum Gasteiger partial charge on any atom is 0.208 e. The van der Waals surface area contributed by atoms with E-state index in [2.05, 4.69) is 15.1 Å². The molecule has 1 aromatic heterocycles. The molecule has 2 heterocycles.